The van der Waals surface area contributed by atoms with Gasteiger partial charge in [-0.25, -0.2) is 0 Å². The molecule has 1 rings (SSSR count). The van der Waals surface area contributed by atoms with Gasteiger partial charge in [0, 0.05) is 32.8 Å². The van der Waals surface area contributed by atoms with Crippen molar-refractivity contribution in [3.8, 4) is 0 Å². The molecule has 1 aromatic rings. The molecule has 0 bridgehead atoms. The Hall–Kier alpha value is -0.900. The second kappa shape index (κ2) is 9.08. The molecule has 3 nitrogen and oxygen atoms in total. The first-order valence-corrected chi connectivity index (χ1v) is 7.18. The molecule has 0 aliphatic heterocycles. The molecule has 108 valence electrons. The van der Waals surface area contributed by atoms with Crippen LogP contribution in [0.2, 0.25) is 0 Å². The summed E-state index contributed by atoms with van der Waals surface area (Å²) in [5.41, 5.74) is 2.71. The van der Waals surface area contributed by atoms with Crippen LogP contribution in [0.1, 0.15) is 31.9 Å². The third kappa shape index (κ3) is 6.71. The highest BCUT2D eigenvalue weighted by Gasteiger charge is 2.03. The molecule has 1 N–H and O–H groups in total. The average molecular weight is 264 g/mol. The number of nitrogens with zero attached hydrogens (tertiary/aromatic N) is 1. The topological polar surface area (TPSA) is 24.5 Å². The number of hydrogen-bond acceptors (Lipinski definition) is 3. The van der Waals surface area contributed by atoms with Crippen molar-refractivity contribution in [2.45, 2.75) is 39.9 Å². The molecule has 0 spiro atoms. The van der Waals surface area contributed by atoms with Gasteiger partial charge in [-0.2, -0.15) is 0 Å². The Morgan fingerprint density at radius 2 is 1.79 bits per heavy atom. The van der Waals surface area contributed by atoms with Crippen molar-refractivity contribution in [1.82, 2.24) is 10.2 Å². The molecule has 3 heteroatoms. The minimum Gasteiger partial charge on any atom is -0.383 e. The Kier molecular flexibility index (Phi) is 7.72. The van der Waals surface area contributed by atoms with Crippen LogP contribution in [-0.4, -0.2) is 37.7 Å². The summed E-state index contributed by atoms with van der Waals surface area (Å²) in [7, 11) is 1.75. The highest BCUT2D eigenvalue weighted by molar-refractivity contribution is 5.22. The van der Waals surface area contributed by atoms with Crippen LogP contribution >= 0.6 is 0 Å². The van der Waals surface area contributed by atoms with E-state index in [0.717, 1.165) is 32.8 Å². The zero-order chi connectivity index (χ0) is 14.1. The molecule has 0 atom stereocenters. The number of ether oxygens (including phenoxy) is 1. The van der Waals surface area contributed by atoms with Gasteiger partial charge in [0.05, 0.1) is 6.61 Å². The molecule has 0 radical (unpaired) electrons. The van der Waals surface area contributed by atoms with Crippen molar-refractivity contribution in [2.24, 2.45) is 0 Å². The fraction of sp³-hybridized carbons (Fsp3) is 0.625. The Morgan fingerprint density at radius 1 is 1.16 bits per heavy atom. The van der Waals surface area contributed by atoms with Crippen LogP contribution in [0.5, 0.6) is 0 Å². The molecule has 0 amide bonds. The summed E-state index contributed by atoms with van der Waals surface area (Å²) in [6.07, 6.45) is 0. The van der Waals surface area contributed by atoms with Gasteiger partial charge in [-0.1, -0.05) is 45.0 Å². The molecule has 1 aromatic carbocycles. The van der Waals surface area contributed by atoms with E-state index in [0.29, 0.717) is 6.04 Å². The summed E-state index contributed by atoms with van der Waals surface area (Å²) in [4.78, 5) is 2.39. The number of benzene rings is 1. The summed E-state index contributed by atoms with van der Waals surface area (Å²) in [5.74, 6) is 0. The lowest BCUT2D eigenvalue weighted by Gasteiger charge is -2.20. The molecular formula is C16H28N2O. The van der Waals surface area contributed by atoms with E-state index in [9.17, 15) is 0 Å². The van der Waals surface area contributed by atoms with E-state index < -0.39 is 0 Å². The summed E-state index contributed by atoms with van der Waals surface area (Å²) >= 11 is 0. The van der Waals surface area contributed by atoms with Crippen molar-refractivity contribution in [3.05, 3.63) is 35.4 Å². The van der Waals surface area contributed by atoms with Gasteiger partial charge in [-0.3, -0.25) is 4.90 Å². The Morgan fingerprint density at radius 3 is 2.32 bits per heavy atom. The average Bonchev–Trinajstić information content (AvgIpc) is 2.42. The van der Waals surface area contributed by atoms with E-state index in [1.165, 1.54) is 11.1 Å². The number of methoxy groups -OCH3 is 1. The lowest BCUT2D eigenvalue weighted by Crippen LogP contribution is -2.26. The van der Waals surface area contributed by atoms with Crippen molar-refractivity contribution in [2.75, 3.05) is 26.8 Å². The standard InChI is InChI=1S/C16H28N2O/c1-5-18(10-11-19-4)13-16-8-6-15(7-9-16)12-17-14(2)3/h6-9,14,17H,5,10-13H2,1-4H3. The smallest absolute Gasteiger partial charge is 0.0589 e. The third-order valence-electron chi connectivity index (χ3n) is 3.20. The molecule has 0 saturated carbocycles. The first-order chi connectivity index (χ1) is 9.15. The molecule has 0 aliphatic carbocycles. The highest BCUT2D eigenvalue weighted by atomic mass is 16.5. The lowest BCUT2D eigenvalue weighted by atomic mass is 10.1. The Balaban J connectivity index is 2.46. The number of nitrogens with one attached hydrogen (secondary N) is 1. The van der Waals surface area contributed by atoms with E-state index >= 15 is 0 Å². The maximum Gasteiger partial charge on any atom is 0.0589 e. The highest BCUT2D eigenvalue weighted by Crippen LogP contribution is 2.08. The number of rotatable bonds is 9. The number of hydrogen-bond donors (Lipinski definition) is 1. The maximum atomic E-state index is 5.14. The fourth-order valence-corrected chi connectivity index (χ4v) is 1.91. The molecule has 0 aromatic heterocycles. The van der Waals surface area contributed by atoms with Crippen molar-refractivity contribution in [1.29, 1.82) is 0 Å². The van der Waals surface area contributed by atoms with Crippen molar-refractivity contribution < 1.29 is 4.74 Å². The first-order valence-electron chi connectivity index (χ1n) is 7.18. The minimum absolute atomic E-state index is 0.532. The van der Waals surface area contributed by atoms with Gasteiger partial charge in [0.2, 0.25) is 0 Å². The van der Waals surface area contributed by atoms with Gasteiger partial charge >= 0.3 is 0 Å². The summed E-state index contributed by atoms with van der Waals surface area (Å²) < 4.78 is 5.14. The fourth-order valence-electron chi connectivity index (χ4n) is 1.91. The van der Waals surface area contributed by atoms with Gasteiger partial charge in [0.1, 0.15) is 0 Å². The van der Waals surface area contributed by atoms with Gasteiger partial charge in [0.25, 0.3) is 0 Å². The molecule has 0 heterocycles. The monoisotopic (exact) mass is 264 g/mol. The van der Waals surface area contributed by atoms with E-state index in [-0.39, 0.29) is 0 Å². The minimum atomic E-state index is 0.532. The predicted molar refractivity (Wildman–Crippen MR) is 81.2 cm³/mol. The first kappa shape index (κ1) is 16.2. The predicted octanol–water partition coefficient (Wildman–Crippen LogP) is 2.65. The Labute approximate surface area is 118 Å². The third-order valence-corrected chi connectivity index (χ3v) is 3.20. The second-order valence-electron chi connectivity index (χ2n) is 5.21. The molecule has 0 saturated heterocycles. The van der Waals surface area contributed by atoms with Crippen LogP contribution in [0.25, 0.3) is 0 Å². The Bertz CT molecular complexity index is 335. The van der Waals surface area contributed by atoms with Crippen LogP contribution in [0.15, 0.2) is 24.3 Å². The van der Waals surface area contributed by atoms with E-state index in [4.69, 9.17) is 4.74 Å². The normalized spacial score (nSPS) is 11.5. The lowest BCUT2D eigenvalue weighted by molar-refractivity contribution is 0.147. The van der Waals surface area contributed by atoms with Crippen molar-refractivity contribution >= 4 is 0 Å². The van der Waals surface area contributed by atoms with Crippen LogP contribution in [0, 0.1) is 0 Å². The molecule has 0 fully saturated rings. The van der Waals surface area contributed by atoms with Gasteiger partial charge < -0.3 is 10.1 Å². The van der Waals surface area contributed by atoms with E-state index in [1.807, 2.05) is 0 Å². The van der Waals surface area contributed by atoms with E-state index in [2.05, 4.69) is 55.3 Å². The molecular weight excluding hydrogens is 236 g/mol. The molecule has 19 heavy (non-hydrogen) atoms. The van der Waals surface area contributed by atoms with Crippen molar-refractivity contribution in [3.63, 3.8) is 0 Å². The van der Waals surface area contributed by atoms with Gasteiger partial charge in [-0.15, -0.1) is 0 Å². The quantitative estimate of drug-likeness (QED) is 0.742. The van der Waals surface area contributed by atoms with Crippen LogP contribution < -0.4 is 5.32 Å². The van der Waals surface area contributed by atoms with E-state index in [1.54, 1.807) is 7.11 Å². The largest absolute Gasteiger partial charge is 0.383 e. The van der Waals surface area contributed by atoms with Gasteiger partial charge in [-0.05, 0) is 17.7 Å². The summed E-state index contributed by atoms with van der Waals surface area (Å²) in [5, 5.41) is 3.43. The second-order valence-corrected chi connectivity index (χ2v) is 5.21. The zero-order valence-electron chi connectivity index (χ0n) is 12.8. The summed E-state index contributed by atoms with van der Waals surface area (Å²) in [6, 6.07) is 9.42. The zero-order valence-corrected chi connectivity index (χ0v) is 12.8. The number of likely N-dealkylation sites (N-methyl/N-ethyl adjacent to an activating group) is 1. The molecule has 0 unspecified atom stereocenters. The SMILES string of the molecule is CCN(CCOC)Cc1ccc(CNC(C)C)cc1. The molecule has 0 aliphatic rings. The van der Waals surface area contributed by atoms with Gasteiger partial charge in [0.15, 0.2) is 0 Å². The maximum absolute atomic E-state index is 5.14. The van der Waals surface area contributed by atoms with Crippen LogP contribution in [-0.2, 0) is 17.8 Å². The summed E-state index contributed by atoms with van der Waals surface area (Å²) in [6.45, 7) is 11.3. The van der Waals surface area contributed by atoms with Crippen LogP contribution in [0.3, 0.4) is 0 Å². The van der Waals surface area contributed by atoms with Crippen LogP contribution in [0.4, 0.5) is 0 Å².